The van der Waals surface area contributed by atoms with Gasteiger partial charge in [0.05, 0.1) is 0 Å². The minimum absolute atomic E-state index is 0.150. The Morgan fingerprint density at radius 1 is 1.47 bits per heavy atom. The lowest BCUT2D eigenvalue weighted by molar-refractivity contribution is -0.0636. The molecule has 1 saturated carbocycles. The molecule has 2 rings (SSSR count). The standard InChI is InChI=1S/C10H14BrF2N3O/c1-16-7(9(11)14-15-16)8(17)6-2-4-10(12,13)5-3-6/h6,8,17H,2-5H2,1H3. The fourth-order valence-corrected chi connectivity index (χ4v) is 2.82. The number of alkyl halides is 2. The molecule has 1 N–H and O–H groups in total. The molecule has 1 aliphatic rings. The van der Waals surface area contributed by atoms with Crippen molar-refractivity contribution in [1.82, 2.24) is 15.0 Å². The number of nitrogens with zero attached hydrogens (tertiary/aromatic N) is 3. The Balaban J connectivity index is 2.09. The molecule has 1 aliphatic carbocycles. The molecule has 1 heterocycles. The monoisotopic (exact) mass is 309 g/mol. The van der Waals surface area contributed by atoms with Crippen LogP contribution < -0.4 is 0 Å². The highest BCUT2D eigenvalue weighted by molar-refractivity contribution is 9.10. The van der Waals surface area contributed by atoms with Gasteiger partial charge in [0.2, 0.25) is 5.92 Å². The normalized spacial score (nSPS) is 22.6. The maximum absolute atomic E-state index is 13.0. The summed E-state index contributed by atoms with van der Waals surface area (Å²) in [5.74, 6) is -2.72. The molecule has 1 fully saturated rings. The molecular formula is C10H14BrF2N3O. The van der Waals surface area contributed by atoms with Crippen molar-refractivity contribution in [2.24, 2.45) is 13.0 Å². The van der Waals surface area contributed by atoms with E-state index in [0.29, 0.717) is 23.1 Å². The molecule has 1 unspecified atom stereocenters. The third-order valence-electron chi connectivity index (χ3n) is 3.32. The Hall–Kier alpha value is -0.560. The number of hydrogen-bond donors (Lipinski definition) is 1. The van der Waals surface area contributed by atoms with Crippen molar-refractivity contribution in [2.75, 3.05) is 0 Å². The SMILES string of the molecule is Cn1nnc(Br)c1C(O)C1CCC(F)(F)CC1. The van der Waals surface area contributed by atoms with E-state index in [1.54, 1.807) is 7.05 Å². The molecule has 0 bridgehead atoms. The van der Waals surface area contributed by atoms with E-state index in [4.69, 9.17) is 0 Å². The summed E-state index contributed by atoms with van der Waals surface area (Å²) in [6, 6.07) is 0. The molecule has 4 nitrogen and oxygen atoms in total. The van der Waals surface area contributed by atoms with Crippen molar-refractivity contribution >= 4 is 15.9 Å². The van der Waals surface area contributed by atoms with Crippen LogP contribution in [0.5, 0.6) is 0 Å². The molecule has 1 aromatic heterocycles. The number of aryl methyl sites for hydroxylation is 1. The number of aromatic nitrogens is 3. The van der Waals surface area contributed by atoms with Crippen molar-refractivity contribution in [3.63, 3.8) is 0 Å². The lowest BCUT2D eigenvalue weighted by Gasteiger charge is -2.31. The highest BCUT2D eigenvalue weighted by atomic mass is 79.9. The highest BCUT2D eigenvalue weighted by Gasteiger charge is 2.38. The first-order valence-electron chi connectivity index (χ1n) is 5.52. The topological polar surface area (TPSA) is 50.9 Å². The predicted octanol–water partition coefficient (Wildman–Crippen LogP) is 2.44. The molecule has 0 radical (unpaired) electrons. The van der Waals surface area contributed by atoms with Crippen LogP contribution in [0.1, 0.15) is 37.5 Å². The van der Waals surface area contributed by atoms with Gasteiger partial charge in [-0.25, -0.2) is 13.5 Å². The van der Waals surface area contributed by atoms with E-state index < -0.39 is 12.0 Å². The average molecular weight is 310 g/mol. The van der Waals surface area contributed by atoms with Gasteiger partial charge < -0.3 is 5.11 Å². The number of aliphatic hydroxyl groups excluding tert-OH is 1. The molecule has 0 aromatic carbocycles. The molecule has 7 heteroatoms. The van der Waals surface area contributed by atoms with Crippen LogP contribution >= 0.6 is 15.9 Å². The number of hydrogen-bond acceptors (Lipinski definition) is 3. The molecule has 0 aliphatic heterocycles. The zero-order chi connectivity index (χ0) is 12.6. The second kappa shape index (κ2) is 4.61. The number of rotatable bonds is 2. The summed E-state index contributed by atoms with van der Waals surface area (Å²) in [4.78, 5) is 0. The summed E-state index contributed by atoms with van der Waals surface area (Å²) in [6.07, 6.45) is -0.451. The third kappa shape index (κ3) is 2.65. The number of halogens is 3. The maximum Gasteiger partial charge on any atom is 0.248 e. The quantitative estimate of drug-likeness (QED) is 0.913. The van der Waals surface area contributed by atoms with E-state index in [1.807, 2.05) is 0 Å². The minimum Gasteiger partial charge on any atom is -0.386 e. The van der Waals surface area contributed by atoms with Gasteiger partial charge in [0.1, 0.15) is 11.8 Å². The van der Waals surface area contributed by atoms with Crippen LogP contribution in [-0.4, -0.2) is 26.0 Å². The maximum atomic E-state index is 13.0. The molecule has 1 aromatic rings. The van der Waals surface area contributed by atoms with E-state index in [2.05, 4.69) is 26.2 Å². The largest absolute Gasteiger partial charge is 0.386 e. The summed E-state index contributed by atoms with van der Waals surface area (Å²) >= 11 is 3.20. The third-order valence-corrected chi connectivity index (χ3v) is 3.88. The molecule has 0 saturated heterocycles. The van der Waals surface area contributed by atoms with Crippen LogP contribution in [0.15, 0.2) is 4.60 Å². The second-order valence-corrected chi connectivity index (χ2v) is 5.28. The Labute approximate surface area is 106 Å². The van der Waals surface area contributed by atoms with Crippen LogP contribution in [0.25, 0.3) is 0 Å². The van der Waals surface area contributed by atoms with Crippen molar-refractivity contribution in [1.29, 1.82) is 0 Å². The first kappa shape index (κ1) is 12.9. The van der Waals surface area contributed by atoms with E-state index in [1.165, 1.54) is 4.68 Å². The van der Waals surface area contributed by atoms with Gasteiger partial charge in [-0.2, -0.15) is 0 Å². The Morgan fingerprint density at radius 2 is 2.06 bits per heavy atom. The lowest BCUT2D eigenvalue weighted by Crippen LogP contribution is -2.28. The summed E-state index contributed by atoms with van der Waals surface area (Å²) in [5.41, 5.74) is 0.556. The molecule has 0 spiro atoms. The zero-order valence-electron chi connectivity index (χ0n) is 9.41. The number of aliphatic hydroxyl groups is 1. The van der Waals surface area contributed by atoms with Crippen LogP contribution in [0.4, 0.5) is 8.78 Å². The summed E-state index contributed by atoms with van der Waals surface area (Å²) in [7, 11) is 1.67. The molecule has 17 heavy (non-hydrogen) atoms. The van der Waals surface area contributed by atoms with Gasteiger partial charge in [0.15, 0.2) is 4.60 Å². The van der Waals surface area contributed by atoms with E-state index in [9.17, 15) is 13.9 Å². The van der Waals surface area contributed by atoms with Crippen molar-refractivity contribution in [3.05, 3.63) is 10.3 Å². The predicted molar refractivity (Wildman–Crippen MR) is 60.6 cm³/mol. The van der Waals surface area contributed by atoms with Crippen LogP contribution in [0, 0.1) is 5.92 Å². The van der Waals surface area contributed by atoms with E-state index in [0.717, 1.165) is 0 Å². The molecular weight excluding hydrogens is 296 g/mol. The molecule has 96 valence electrons. The van der Waals surface area contributed by atoms with E-state index in [-0.39, 0.29) is 18.8 Å². The zero-order valence-corrected chi connectivity index (χ0v) is 11.0. The average Bonchev–Trinajstić information content (AvgIpc) is 2.58. The molecule has 1 atom stereocenters. The van der Waals surface area contributed by atoms with Gasteiger partial charge in [0, 0.05) is 19.9 Å². The second-order valence-electron chi connectivity index (χ2n) is 4.53. The lowest BCUT2D eigenvalue weighted by atomic mass is 9.82. The van der Waals surface area contributed by atoms with Gasteiger partial charge in [-0.05, 0) is 34.7 Å². The summed E-state index contributed by atoms with van der Waals surface area (Å²) in [6.45, 7) is 0. The fourth-order valence-electron chi connectivity index (χ4n) is 2.25. The van der Waals surface area contributed by atoms with Crippen molar-refractivity contribution in [3.8, 4) is 0 Å². The van der Waals surface area contributed by atoms with Gasteiger partial charge in [-0.15, -0.1) is 5.10 Å². The summed E-state index contributed by atoms with van der Waals surface area (Å²) in [5, 5.41) is 17.7. The minimum atomic E-state index is -2.57. The van der Waals surface area contributed by atoms with Crippen LogP contribution in [-0.2, 0) is 7.05 Å². The van der Waals surface area contributed by atoms with Crippen LogP contribution in [0.2, 0.25) is 0 Å². The first-order chi connectivity index (χ1) is 7.91. The Bertz CT molecular complexity index is 381. The van der Waals surface area contributed by atoms with Gasteiger partial charge in [-0.1, -0.05) is 5.21 Å². The van der Waals surface area contributed by atoms with Gasteiger partial charge in [-0.3, -0.25) is 0 Å². The highest BCUT2D eigenvalue weighted by Crippen LogP contribution is 2.42. The van der Waals surface area contributed by atoms with Gasteiger partial charge in [0.25, 0.3) is 0 Å². The Morgan fingerprint density at radius 3 is 2.53 bits per heavy atom. The van der Waals surface area contributed by atoms with Gasteiger partial charge >= 0.3 is 0 Å². The first-order valence-corrected chi connectivity index (χ1v) is 6.31. The fraction of sp³-hybridized carbons (Fsp3) is 0.800. The van der Waals surface area contributed by atoms with Crippen LogP contribution in [0.3, 0.4) is 0 Å². The van der Waals surface area contributed by atoms with E-state index >= 15 is 0 Å². The smallest absolute Gasteiger partial charge is 0.248 e. The molecule has 0 amide bonds. The van der Waals surface area contributed by atoms with Crippen molar-refractivity contribution in [2.45, 2.75) is 37.7 Å². The summed E-state index contributed by atoms with van der Waals surface area (Å²) < 4.78 is 28.0. The Kier molecular flexibility index (Phi) is 3.49. The van der Waals surface area contributed by atoms with Crippen molar-refractivity contribution < 1.29 is 13.9 Å².